The summed E-state index contributed by atoms with van der Waals surface area (Å²) in [4.78, 5) is 0. The Labute approximate surface area is 172 Å². The van der Waals surface area contributed by atoms with Crippen LogP contribution in [0.4, 0.5) is 5.69 Å². The highest BCUT2D eigenvalue weighted by Gasteiger charge is 2.49. The lowest BCUT2D eigenvalue weighted by molar-refractivity contribution is -0.250. The number of nitrogens with one attached hydrogen (secondary N) is 1. The fourth-order valence-corrected chi connectivity index (χ4v) is 3.52. The van der Waals surface area contributed by atoms with Crippen LogP contribution in [0.2, 0.25) is 0 Å². The third-order valence-electron chi connectivity index (χ3n) is 5.31. The topological polar surface area (TPSA) is 196 Å². The maximum absolute atomic E-state index is 10.5. The highest BCUT2D eigenvalue weighted by Crippen LogP contribution is 2.28. The first kappa shape index (κ1) is 23.2. The average molecular weight is 432 g/mol. The zero-order valence-electron chi connectivity index (χ0n) is 15.9. The van der Waals surface area contributed by atoms with Crippen molar-refractivity contribution in [3.63, 3.8) is 0 Å². The van der Waals surface area contributed by atoms with Crippen LogP contribution in [0, 0.1) is 0 Å². The van der Waals surface area contributed by atoms with E-state index in [1.165, 1.54) is 5.01 Å². The molecule has 2 aliphatic rings. The molecular formula is C18H28N2O10. The van der Waals surface area contributed by atoms with E-state index in [-0.39, 0.29) is 0 Å². The Balaban J connectivity index is 1.90. The van der Waals surface area contributed by atoms with Crippen LogP contribution in [-0.4, -0.2) is 115 Å². The van der Waals surface area contributed by atoms with Crippen molar-refractivity contribution in [3.8, 4) is 0 Å². The minimum absolute atomic E-state index is 0.388. The second-order valence-electron chi connectivity index (χ2n) is 7.30. The van der Waals surface area contributed by atoms with Gasteiger partial charge in [0.15, 0.2) is 12.5 Å². The predicted octanol–water partition coefficient (Wildman–Crippen LogP) is -4.40. The Morgan fingerprint density at radius 1 is 0.700 bits per heavy atom. The number of ether oxygens (including phenoxy) is 2. The first-order valence-electron chi connectivity index (χ1n) is 9.51. The van der Waals surface area contributed by atoms with E-state index >= 15 is 0 Å². The molecule has 10 atom stereocenters. The molecule has 0 spiro atoms. The van der Waals surface area contributed by atoms with Gasteiger partial charge in [-0.15, -0.1) is 0 Å². The van der Waals surface area contributed by atoms with Crippen molar-refractivity contribution in [1.29, 1.82) is 0 Å². The summed E-state index contributed by atoms with van der Waals surface area (Å²) in [5.74, 6) is 0. The van der Waals surface area contributed by atoms with Gasteiger partial charge in [-0.3, -0.25) is 5.01 Å². The average Bonchev–Trinajstić information content (AvgIpc) is 2.77. The van der Waals surface area contributed by atoms with Crippen LogP contribution >= 0.6 is 0 Å². The maximum Gasteiger partial charge on any atom is 0.173 e. The molecular weight excluding hydrogens is 404 g/mol. The summed E-state index contributed by atoms with van der Waals surface area (Å²) in [7, 11) is 0. The second-order valence-corrected chi connectivity index (χ2v) is 7.30. The number of hydrazine groups is 1. The van der Waals surface area contributed by atoms with E-state index < -0.39 is 74.5 Å². The minimum atomic E-state index is -1.65. The van der Waals surface area contributed by atoms with Crippen molar-refractivity contribution in [2.75, 3.05) is 18.2 Å². The Bertz CT molecular complexity index is 666. The SMILES string of the molecule is OC[C@H]1O[C@@H](NN(c2ccccc2)[C@@H]2O[C@H](CO)[C@@H](O)[C@H](O)[C@H]2O)[C@H](O)[C@@H](O)[C@@H]1O. The lowest BCUT2D eigenvalue weighted by atomic mass is 9.97. The van der Waals surface area contributed by atoms with Crippen LogP contribution in [0.25, 0.3) is 0 Å². The Morgan fingerprint density at radius 3 is 1.80 bits per heavy atom. The van der Waals surface area contributed by atoms with E-state index in [0.29, 0.717) is 5.69 Å². The third kappa shape index (κ3) is 4.44. The van der Waals surface area contributed by atoms with Crippen molar-refractivity contribution in [3.05, 3.63) is 30.3 Å². The van der Waals surface area contributed by atoms with Gasteiger partial charge < -0.3 is 50.3 Å². The molecule has 0 amide bonds. The summed E-state index contributed by atoms with van der Waals surface area (Å²) < 4.78 is 11.0. The van der Waals surface area contributed by atoms with Gasteiger partial charge in [0, 0.05) is 0 Å². The molecule has 0 unspecified atom stereocenters. The molecule has 0 aromatic heterocycles. The van der Waals surface area contributed by atoms with Crippen molar-refractivity contribution >= 4 is 5.69 Å². The number of hydrogen-bond acceptors (Lipinski definition) is 12. The van der Waals surface area contributed by atoms with Gasteiger partial charge in [-0.1, -0.05) is 18.2 Å². The molecule has 170 valence electrons. The molecule has 3 rings (SSSR count). The van der Waals surface area contributed by atoms with Gasteiger partial charge in [0.25, 0.3) is 0 Å². The molecule has 0 bridgehead atoms. The normalized spacial score (nSPS) is 42.1. The number of hydrogen-bond donors (Lipinski definition) is 9. The number of rotatable bonds is 6. The molecule has 1 aromatic rings. The Kier molecular flexibility index (Phi) is 7.60. The van der Waals surface area contributed by atoms with Crippen molar-refractivity contribution in [2.24, 2.45) is 0 Å². The van der Waals surface area contributed by atoms with E-state index in [0.717, 1.165) is 0 Å². The number of aliphatic hydroxyl groups excluding tert-OH is 8. The van der Waals surface area contributed by atoms with Crippen molar-refractivity contribution in [1.82, 2.24) is 5.43 Å². The summed E-state index contributed by atoms with van der Waals surface area (Å²) in [6, 6.07) is 8.28. The largest absolute Gasteiger partial charge is 0.394 e. The van der Waals surface area contributed by atoms with Crippen LogP contribution in [0.1, 0.15) is 0 Å². The van der Waals surface area contributed by atoms with Gasteiger partial charge in [0.2, 0.25) is 0 Å². The lowest BCUT2D eigenvalue weighted by Gasteiger charge is -2.48. The fraction of sp³-hybridized carbons (Fsp3) is 0.667. The highest BCUT2D eigenvalue weighted by atomic mass is 16.6. The molecule has 12 heteroatoms. The van der Waals surface area contributed by atoms with Gasteiger partial charge >= 0.3 is 0 Å². The molecule has 2 aliphatic heterocycles. The van der Waals surface area contributed by atoms with Crippen molar-refractivity contribution < 1.29 is 50.3 Å². The van der Waals surface area contributed by atoms with Crippen LogP contribution in [0.5, 0.6) is 0 Å². The summed E-state index contributed by atoms with van der Waals surface area (Å²) >= 11 is 0. The molecule has 0 aliphatic carbocycles. The number of benzene rings is 1. The predicted molar refractivity (Wildman–Crippen MR) is 99.6 cm³/mol. The molecule has 2 fully saturated rings. The number of para-hydroxylation sites is 1. The highest BCUT2D eigenvalue weighted by molar-refractivity contribution is 5.46. The van der Waals surface area contributed by atoms with Crippen LogP contribution in [0.15, 0.2) is 30.3 Å². The smallest absolute Gasteiger partial charge is 0.173 e. The van der Waals surface area contributed by atoms with E-state index in [4.69, 9.17) is 9.47 Å². The number of anilines is 1. The first-order valence-corrected chi connectivity index (χ1v) is 9.51. The third-order valence-corrected chi connectivity index (χ3v) is 5.31. The summed E-state index contributed by atoms with van der Waals surface area (Å²) in [6.45, 7) is -1.27. The monoisotopic (exact) mass is 432 g/mol. The zero-order valence-corrected chi connectivity index (χ0v) is 15.9. The molecule has 0 radical (unpaired) electrons. The van der Waals surface area contributed by atoms with Crippen LogP contribution < -0.4 is 10.4 Å². The van der Waals surface area contributed by atoms with Gasteiger partial charge in [0.05, 0.1) is 18.9 Å². The first-order chi connectivity index (χ1) is 14.3. The molecule has 9 N–H and O–H groups in total. The Morgan fingerprint density at radius 2 is 1.23 bits per heavy atom. The molecule has 0 saturated carbocycles. The molecule has 30 heavy (non-hydrogen) atoms. The molecule has 2 heterocycles. The summed E-state index contributed by atoms with van der Waals surface area (Å²) in [6.07, 6.45) is -14.7. The second kappa shape index (κ2) is 9.80. The zero-order chi connectivity index (χ0) is 22.0. The van der Waals surface area contributed by atoms with Gasteiger partial charge in [-0.2, -0.15) is 0 Å². The maximum atomic E-state index is 10.5. The summed E-state index contributed by atoms with van der Waals surface area (Å²) in [5.41, 5.74) is 3.12. The molecule has 12 nitrogen and oxygen atoms in total. The quantitative estimate of drug-likeness (QED) is 0.196. The lowest BCUT2D eigenvalue weighted by Crippen LogP contribution is -2.70. The Hall–Kier alpha value is -1.42. The van der Waals surface area contributed by atoms with Crippen molar-refractivity contribution in [2.45, 2.75) is 61.3 Å². The standard InChI is InChI=1S/C18H28N2O10/c21-6-9-11(23)13(25)15(27)17(29-9)19-20(8-4-2-1-3-5-8)18-16(28)14(26)12(24)10(7-22)30-18/h1-5,9-19,21-28H,6-7H2/t9-,10-,11-,12-,13+,14+,15-,16-,17-,18-/m1/s1. The molecule has 1 aromatic carbocycles. The van der Waals surface area contributed by atoms with E-state index in [9.17, 15) is 40.9 Å². The number of aliphatic hydroxyl groups is 8. The number of nitrogens with zero attached hydrogens (tertiary/aromatic N) is 1. The molecule has 2 saturated heterocycles. The van der Waals surface area contributed by atoms with E-state index in [1.807, 2.05) is 0 Å². The van der Waals surface area contributed by atoms with E-state index in [1.54, 1.807) is 30.3 Å². The van der Waals surface area contributed by atoms with Gasteiger partial charge in [-0.25, -0.2) is 5.43 Å². The fourth-order valence-electron chi connectivity index (χ4n) is 3.52. The minimum Gasteiger partial charge on any atom is -0.394 e. The summed E-state index contributed by atoms with van der Waals surface area (Å²) in [5, 5.41) is 81.1. The van der Waals surface area contributed by atoms with Crippen LogP contribution in [-0.2, 0) is 9.47 Å². The van der Waals surface area contributed by atoms with E-state index in [2.05, 4.69) is 5.43 Å². The van der Waals surface area contributed by atoms with Gasteiger partial charge in [-0.05, 0) is 12.1 Å². The van der Waals surface area contributed by atoms with Gasteiger partial charge in [0.1, 0.15) is 48.8 Å². The van der Waals surface area contributed by atoms with Crippen LogP contribution in [0.3, 0.4) is 0 Å².